The molecule has 1 unspecified atom stereocenters. The highest BCUT2D eigenvalue weighted by Crippen LogP contribution is 2.22. The first-order valence-corrected chi connectivity index (χ1v) is 10.1. The van der Waals surface area contributed by atoms with Crippen LogP contribution < -0.4 is 10.2 Å². The normalized spacial score (nSPS) is 16.3. The summed E-state index contributed by atoms with van der Waals surface area (Å²) >= 11 is 0. The second-order valence-corrected chi connectivity index (χ2v) is 7.18. The molecule has 0 aromatic heterocycles. The van der Waals surface area contributed by atoms with Crippen molar-refractivity contribution in [1.29, 1.82) is 0 Å². The molecular formula is C23H29N3O2. The molecule has 28 heavy (non-hydrogen) atoms. The van der Waals surface area contributed by atoms with E-state index in [1.54, 1.807) is 4.90 Å². The molecule has 0 aliphatic carbocycles. The van der Waals surface area contributed by atoms with Crippen LogP contribution in [-0.2, 0) is 16.0 Å². The summed E-state index contributed by atoms with van der Waals surface area (Å²) in [6, 6.07) is 18.0. The Morgan fingerprint density at radius 1 is 1.07 bits per heavy atom. The van der Waals surface area contributed by atoms with Crippen LogP contribution >= 0.6 is 0 Å². The first-order chi connectivity index (χ1) is 13.6. The largest absolute Gasteiger partial charge is 0.372 e. The maximum Gasteiger partial charge on any atom is 0.229 e. The molecule has 1 aliphatic rings. The van der Waals surface area contributed by atoms with E-state index < -0.39 is 0 Å². The fourth-order valence-electron chi connectivity index (χ4n) is 3.66. The van der Waals surface area contributed by atoms with Gasteiger partial charge in [0.05, 0.1) is 5.92 Å². The molecule has 0 spiro atoms. The zero-order valence-electron chi connectivity index (χ0n) is 16.7. The van der Waals surface area contributed by atoms with Gasteiger partial charge in [0.1, 0.15) is 0 Å². The Morgan fingerprint density at radius 3 is 2.39 bits per heavy atom. The Labute approximate surface area is 167 Å². The minimum Gasteiger partial charge on any atom is -0.372 e. The van der Waals surface area contributed by atoms with Crippen LogP contribution in [0.3, 0.4) is 0 Å². The van der Waals surface area contributed by atoms with Crippen LogP contribution in [0.25, 0.3) is 0 Å². The molecule has 1 atom stereocenters. The van der Waals surface area contributed by atoms with Crippen LogP contribution in [-0.4, -0.2) is 42.9 Å². The topological polar surface area (TPSA) is 52.7 Å². The molecule has 0 saturated carbocycles. The molecule has 1 saturated heterocycles. The molecule has 1 aliphatic heterocycles. The molecule has 1 N–H and O–H groups in total. The first-order valence-electron chi connectivity index (χ1n) is 10.1. The Bertz CT molecular complexity index is 785. The molecule has 2 aromatic rings. The summed E-state index contributed by atoms with van der Waals surface area (Å²) in [5.74, 6) is -0.301. The van der Waals surface area contributed by atoms with Gasteiger partial charge < -0.3 is 15.1 Å². The average Bonchev–Trinajstić information content (AvgIpc) is 3.10. The summed E-state index contributed by atoms with van der Waals surface area (Å²) in [6.45, 7) is 7.30. The van der Waals surface area contributed by atoms with E-state index in [1.807, 2.05) is 42.5 Å². The lowest BCUT2D eigenvalue weighted by Crippen LogP contribution is -2.30. The van der Waals surface area contributed by atoms with Crippen molar-refractivity contribution in [2.75, 3.05) is 36.4 Å². The van der Waals surface area contributed by atoms with E-state index >= 15 is 0 Å². The van der Waals surface area contributed by atoms with E-state index in [9.17, 15) is 9.59 Å². The Hall–Kier alpha value is -2.82. The van der Waals surface area contributed by atoms with Gasteiger partial charge in [0.2, 0.25) is 11.8 Å². The van der Waals surface area contributed by atoms with Crippen molar-refractivity contribution in [2.24, 2.45) is 5.92 Å². The minimum absolute atomic E-state index is 0.0629. The van der Waals surface area contributed by atoms with E-state index in [2.05, 4.69) is 36.2 Å². The third-order valence-electron chi connectivity index (χ3n) is 5.36. The summed E-state index contributed by atoms with van der Waals surface area (Å²) in [6.07, 6.45) is 1.10. The third kappa shape index (κ3) is 4.91. The predicted molar refractivity (Wildman–Crippen MR) is 113 cm³/mol. The quantitative estimate of drug-likeness (QED) is 0.763. The van der Waals surface area contributed by atoms with E-state index in [1.165, 1.54) is 5.56 Å². The predicted octanol–water partition coefficient (Wildman–Crippen LogP) is 3.56. The molecule has 0 bridgehead atoms. The molecule has 3 rings (SSSR count). The number of anilines is 2. The van der Waals surface area contributed by atoms with Crippen molar-refractivity contribution >= 4 is 23.2 Å². The van der Waals surface area contributed by atoms with Gasteiger partial charge in [0.25, 0.3) is 0 Å². The molecule has 2 amide bonds. The van der Waals surface area contributed by atoms with E-state index in [0.29, 0.717) is 13.1 Å². The average molecular weight is 380 g/mol. The van der Waals surface area contributed by atoms with Crippen molar-refractivity contribution in [3.8, 4) is 0 Å². The zero-order chi connectivity index (χ0) is 19.9. The van der Waals surface area contributed by atoms with Gasteiger partial charge in [-0.05, 0) is 50.1 Å². The van der Waals surface area contributed by atoms with Crippen LogP contribution in [0, 0.1) is 5.92 Å². The van der Waals surface area contributed by atoms with Gasteiger partial charge in [0.15, 0.2) is 0 Å². The molecule has 0 radical (unpaired) electrons. The number of rotatable bonds is 8. The number of amides is 2. The van der Waals surface area contributed by atoms with E-state index in [4.69, 9.17) is 0 Å². The number of carbonyl (C=O) groups is 2. The SMILES string of the molecule is CCN(CC)c1ccc(NC(=O)C2CC(=O)N(CCc3ccccc3)C2)cc1. The minimum atomic E-state index is -0.286. The van der Waals surface area contributed by atoms with Crippen molar-refractivity contribution in [3.05, 3.63) is 60.2 Å². The van der Waals surface area contributed by atoms with Crippen molar-refractivity contribution in [2.45, 2.75) is 26.7 Å². The van der Waals surface area contributed by atoms with Crippen molar-refractivity contribution < 1.29 is 9.59 Å². The molecule has 1 fully saturated rings. The fourth-order valence-corrected chi connectivity index (χ4v) is 3.66. The summed E-state index contributed by atoms with van der Waals surface area (Å²) in [4.78, 5) is 29.0. The monoisotopic (exact) mass is 379 g/mol. The highest BCUT2D eigenvalue weighted by molar-refractivity contribution is 5.97. The number of nitrogens with one attached hydrogen (secondary N) is 1. The second-order valence-electron chi connectivity index (χ2n) is 7.18. The van der Waals surface area contributed by atoms with Crippen LogP contribution in [0.5, 0.6) is 0 Å². The second kappa shape index (κ2) is 9.40. The summed E-state index contributed by atoms with van der Waals surface area (Å²) < 4.78 is 0. The fraction of sp³-hybridized carbons (Fsp3) is 0.391. The van der Waals surface area contributed by atoms with Crippen LogP contribution in [0.4, 0.5) is 11.4 Å². The van der Waals surface area contributed by atoms with Crippen molar-refractivity contribution in [3.63, 3.8) is 0 Å². The standard InChI is InChI=1S/C23H29N3O2/c1-3-25(4-2)21-12-10-20(11-13-21)24-23(28)19-16-22(27)26(17-19)15-14-18-8-6-5-7-9-18/h5-13,19H,3-4,14-17H2,1-2H3,(H,24,28). The number of likely N-dealkylation sites (tertiary alicyclic amines) is 1. The maximum absolute atomic E-state index is 12.6. The Kier molecular flexibility index (Phi) is 6.69. The van der Waals surface area contributed by atoms with Gasteiger partial charge in [-0.1, -0.05) is 30.3 Å². The number of benzene rings is 2. The highest BCUT2D eigenvalue weighted by atomic mass is 16.2. The van der Waals surface area contributed by atoms with E-state index in [0.717, 1.165) is 30.9 Å². The smallest absolute Gasteiger partial charge is 0.229 e. The third-order valence-corrected chi connectivity index (χ3v) is 5.36. The molecule has 5 nitrogen and oxygen atoms in total. The van der Waals surface area contributed by atoms with Crippen LogP contribution in [0.2, 0.25) is 0 Å². The number of carbonyl (C=O) groups excluding carboxylic acids is 2. The summed E-state index contributed by atoms with van der Waals surface area (Å²) in [5.41, 5.74) is 3.12. The number of hydrogen-bond donors (Lipinski definition) is 1. The lowest BCUT2D eigenvalue weighted by atomic mass is 10.1. The van der Waals surface area contributed by atoms with E-state index in [-0.39, 0.29) is 24.2 Å². The lowest BCUT2D eigenvalue weighted by Gasteiger charge is -2.21. The Morgan fingerprint density at radius 2 is 1.75 bits per heavy atom. The van der Waals surface area contributed by atoms with Gasteiger partial charge in [-0.25, -0.2) is 0 Å². The van der Waals surface area contributed by atoms with Gasteiger partial charge in [-0.15, -0.1) is 0 Å². The molecular weight excluding hydrogens is 350 g/mol. The van der Waals surface area contributed by atoms with Gasteiger partial charge in [-0.2, -0.15) is 0 Å². The van der Waals surface area contributed by atoms with Crippen LogP contribution in [0.15, 0.2) is 54.6 Å². The van der Waals surface area contributed by atoms with Gasteiger partial charge in [0, 0.05) is 44.0 Å². The number of nitrogens with zero attached hydrogens (tertiary/aromatic N) is 2. The van der Waals surface area contributed by atoms with Crippen LogP contribution in [0.1, 0.15) is 25.8 Å². The zero-order valence-corrected chi connectivity index (χ0v) is 16.7. The van der Waals surface area contributed by atoms with Crippen molar-refractivity contribution in [1.82, 2.24) is 4.90 Å². The number of hydrogen-bond acceptors (Lipinski definition) is 3. The molecule has 1 heterocycles. The Balaban J connectivity index is 1.53. The maximum atomic E-state index is 12.6. The summed E-state index contributed by atoms with van der Waals surface area (Å²) in [7, 11) is 0. The molecule has 148 valence electrons. The first kappa shape index (κ1) is 19.9. The van der Waals surface area contributed by atoms with Gasteiger partial charge in [-0.3, -0.25) is 9.59 Å². The summed E-state index contributed by atoms with van der Waals surface area (Å²) in [5, 5.41) is 2.96. The highest BCUT2D eigenvalue weighted by Gasteiger charge is 2.34. The van der Waals surface area contributed by atoms with Gasteiger partial charge >= 0.3 is 0 Å². The lowest BCUT2D eigenvalue weighted by molar-refractivity contribution is -0.128. The molecule has 5 heteroatoms. The molecule has 2 aromatic carbocycles.